The lowest BCUT2D eigenvalue weighted by Gasteiger charge is -2.14. The molecule has 1 aliphatic rings. The molecule has 0 aromatic heterocycles. The lowest BCUT2D eigenvalue weighted by atomic mass is 10.2. The molecular weight excluding hydrogens is 238 g/mol. The summed E-state index contributed by atoms with van der Waals surface area (Å²) in [6.45, 7) is 1.45. The number of carbonyl (C=O) groups is 2. The lowest BCUT2D eigenvalue weighted by molar-refractivity contribution is -0.118. The predicted octanol–water partition coefficient (Wildman–Crippen LogP) is 1.17. The maximum atomic E-state index is 11.1. The second kappa shape index (κ2) is 5.01. The molecule has 2 N–H and O–H groups in total. The van der Waals surface area contributed by atoms with Gasteiger partial charge in [-0.15, -0.1) is 0 Å². The van der Waals surface area contributed by atoms with Crippen molar-refractivity contribution in [1.29, 1.82) is 0 Å². The molecule has 0 fully saturated rings. The summed E-state index contributed by atoms with van der Waals surface area (Å²) >= 11 is 1.35. The first-order chi connectivity index (χ1) is 8.16. The van der Waals surface area contributed by atoms with Gasteiger partial charge in [0.15, 0.2) is 0 Å². The number of anilines is 1. The number of benzene rings is 1. The molecule has 1 aromatic rings. The number of hydrazone groups is 1. The number of thioether (sulfide) groups is 1. The maximum absolute atomic E-state index is 11.1. The molecule has 0 unspecified atom stereocenters. The van der Waals surface area contributed by atoms with E-state index in [1.165, 1.54) is 18.7 Å². The van der Waals surface area contributed by atoms with Crippen LogP contribution >= 0.6 is 11.8 Å². The van der Waals surface area contributed by atoms with Crippen molar-refractivity contribution in [2.45, 2.75) is 6.92 Å². The van der Waals surface area contributed by atoms with Gasteiger partial charge >= 0.3 is 0 Å². The fraction of sp³-hybridized carbons (Fsp3) is 0.182. The maximum Gasteiger partial charge on any atom is 0.250 e. The smallest absolute Gasteiger partial charge is 0.250 e. The highest BCUT2D eigenvalue weighted by Crippen LogP contribution is 2.23. The largest absolute Gasteiger partial charge is 0.326 e. The van der Waals surface area contributed by atoms with Crippen LogP contribution in [0, 0.1) is 0 Å². The molecule has 2 rings (SSSR count). The average Bonchev–Trinajstić information content (AvgIpc) is 2.30. The van der Waals surface area contributed by atoms with Crippen molar-refractivity contribution in [3.8, 4) is 0 Å². The Morgan fingerprint density at radius 3 is 2.88 bits per heavy atom. The summed E-state index contributed by atoms with van der Waals surface area (Å²) < 4.78 is 0. The summed E-state index contributed by atoms with van der Waals surface area (Å²) in [5.74, 6) is 0.0893. The van der Waals surface area contributed by atoms with Crippen molar-refractivity contribution in [2.75, 3.05) is 11.1 Å². The molecule has 1 heterocycles. The van der Waals surface area contributed by atoms with Gasteiger partial charge in [0.2, 0.25) is 5.91 Å². The van der Waals surface area contributed by atoms with E-state index in [1.54, 1.807) is 6.07 Å². The van der Waals surface area contributed by atoms with E-state index in [0.717, 1.165) is 5.56 Å². The van der Waals surface area contributed by atoms with Crippen LogP contribution < -0.4 is 10.7 Å². The van der Waals surface area contributed by atoms with Crippen LogP contribution in [-0.2, 0) is 9.59 Å². The van der Waals surface area contributed by atoms with Crippen molar-refractivity contribution in [3.05, 3.63) is 29.8 Å². The first-order valence-corrected chi connectivity index (χ1v) is 6.01. The van der Waals surface area contributed by atoms with Crippen LogP contribution in [0.1, 0.15) is 12.5 Å². The van der Waals surface area contributed by atoms with E-state index in [1.807, 2.05) is 18.2 Å². The molecule has 1 aliphatic heterocycles. The number of hydrogen-bond acceptors (Lipinski definition) is 4. The number of nitrogens with zero attached hydrogens (tertiary/aromatic N) is 1. The minimum atomic E-state index is -0.136. The molecule has 5 nitrogen and oxygen atoms in total. The fourth-order valence-corrected chi connectivity index (χ4v) is 2.19. The number of para-hydroxylation sites is 1. The summed E-state index contributed by atoms with van der Waals surface area (Å²) in [4.78, 5) is 22.1. The molecule has 2 amide bonds. The zero-order valence-electron chi connectivity index (χ0n) is 9.19. The Morgan fingerprint density at radius 2 is 2.24 bits per heavy atom. The molecule has 6 heteroatoms. The van der Waals surface area contributed by atoms with Crippen LogP contribution in [0.5, 0.6) is 0 Å². The molecule has 0 saturated heterocycles. The molecule has 17 heavy (non-hydrogen) atoms. The summed E-state index contributed by atoms with van der Waals surface area (Å²) in [5.41, 5.74) is 3.94. The summed E-state index contributed by atoms with van der Waals surface area (Å²) in [7, 11) is 0. The number of amides is 2. The van der Waals surface area contributed by atoms with Gasteiger partial charge in [-0.3, -0.25) is 9.59 Å². The molecule has 1 aromatic carbocycles. The second-order valence-electron chi connectivity index (χ2n) is 3.47. The summed E-state index contributed by atoms with van der Waals surface area (Å²) in [6.07, 6.45) is 0. The minimum Gasteiger partial charge on any atom is -0.326 e. The van der Waals surface area contributed by atoms with Crippen LogP contribution in [0.15, 0.2) is 29.4 Å². The van der Waals surface area contributed by atoms with E-state index in [2.05, 4.69) is 15.8 Å². The van der Waals surface area contributed by atoms with Gasteiger partial charge in [0.25, 0.3) is 5.91 Å². The zero-order chi connectivity index (χ0) is 12.3. The van der Waals surface area contributed by atoms with Crippen molar-refractivity contribution in [1.82, 2.24) is 5.43 Å². The molecular formula is C11H11N3O2S. The van der Waals surface area contributed by atoms with Gasteiger partial charge in [0.1, 0.15) is 5.04 Å². The Balaban J connectivity index is 2.31. The molecule has 0 bridgehead atoms. The highest BCUT2D eigenvalue weighted by molar-refractivity contribution is 8.15. The van der Waals surface area contributed by atoms with Crippen molar-refractivity contribution in [3.63, 3.8) is 0 Å². The highest BCUT2D eigenvalue weighted by Gasteiger charge is 2.16. The van der Waals surface area contributed by atoms with E-state index in [9.17, 15) is 9.59 Å². The van der Waals surface area contributed by atoms with E-state index in [4.69, 9.17) is 0 Å². The summed E-state index contributed by atoms with van der Waals surface area (Å²) in [6, 6.07) is 7.35. The monoisotopic (exact) mass is 249 g/mol. The predicted molar refractivity (Wildman–Crippen MR) is 67.9 cm³/mol. The Morgan fingerprint density at radius 1 is 1.47 bits per heavy atom. The molecule has 0 saturated carbocycles. The molecule has 0 radical (unpaired) electrons. The van der Waals surface area contributed by atoms with Crippen molar-refractivity contribution >= 4 is 34.3 Å². The Kier molecular flexibility index (Phi) is 3.43. The lowest BCUT2D eigenvalue weighted by Crippen LogP contribution is -2.27. The van der Waals surface area contributed by atoms with Crippen LogP contribution in [0.3, 0.4) is 0 Å². The first kappa shape index (κ1) is 11.7. The summed E-state index contributed by atoms with van der Waals surface area (Å²) in [5, 5.41) is 7.42. The van der Waals surface area contributed by atoms with E-state index < -0.39 is 0 Å². The van der Waals surface area contributed by atoms with Gasteiger partial charge in [-0.1, -0.05) is 30.0 Å². The fourth-order valence-electron chi connectivity index (χ4n) is 1.42. The molecule has 0 aliphatic carbocycles. The quantitative estimate of drug-likeness (QED) is 0.826. The SMILES string of the molecule is CC(=O)Nc1ccccc1C1=NNC(=O)CS1. The third-order valence-corrected chi connectivity index (χ3v) is 3.08. The average molecular weight is 249 g/mol. The van der Waals surface area contributed by atoms with Crippen LogP contribution in [-0.4, -0.2) is 22.6 Å². The van der Waals surface area contributed by atoms with Crippen LogP contribution in [0.4, 0.5) is 5.69 Å². The van der Waals surface area contributed by atoms with Crippen LogP contribution in [0.25, 0.3) is 0 Å². The van der Waals surface area contributed by atoms with Gasteiger partial charge in [-0.05, 0) is 6.07 Å². The number of nitrogens with one attached hydrogen (secondary N) is 2. The molecule has 0 atom stereocenters. The molecule has 0 spiro atoms. The normalized spacial score (nSPS) is 14.9. The van der Waals surface area contributed by atoms with Gasteiger partial charge in [0, 0.05) is 12.5 Å². The van der Waals surface area contributed by atoms with Crippen molar-refractivity contribution in [2.24, 2.45) is 5.10 Å². The minimum absolute atomic E-state index is 0.115. The Bertz CT molecular complexity index is 499. The zero-order valence-corrected chi connectivity index (χ0v) is 10.0. The third-order valence-electron chi connectivity index (χ3n) is 2.09. The van der Waals surface area contributed by atoms with E-state index in [0.29, 0.717) is 16.5 Å². The van der Waals surface area contributed by atoms with Crippen molar-refractivity contribution < 1.29 is 9.59 Å². The van der Waals surface area contributed by atoms with Crippen LogP contribution in [0.2, 0.25) is 0 Å². The Labute approximate surface area is 103 Å². The standard InChI is InChI=1S/C11H11N3O2S/c1-7(15)12-9-5-3-2-4-8(9)11-14-13-10(16)6-17-11/h2-5H,6H2,1H3,(H,12,15)(H,13,16). The van der Waals surface area contributed by atoms with Gasteiger partial charge in [-0.25, -0.2) is 5.43 Å². The number of carbonyl (C=O) groups excluding carboxylic acids is 2. The molecule has 88 valence electrons. The number of rotatable bonds is 2. The Hall–Kier alpha value is -1.82. The van der Waals surface area contributed by atoms with Gasteiger partial charge in [0.05, 0.1) is 11.4 Å². The first-order valence-electron chi connectivity index (χ1n) is 5.03. The van der Waals surface area contributed by atoms with Gasteiger partial charge in [-0.2, -0.15) is 5.10 Å². The third kappa shape index (κ3) is 2.85. The number of hydrogen-bond donors (Lipinski definition) is 2. The second-order valence-corrected chi connectivity index (χ2v) is 4.43. The van der Waals surface area contributed by atoms with E-state index >= 15 is 0 Å². The highest BCUT2D eigenvalue weighted by atomic mass is 32.2. The topological polar surface area (TPSA) is 70.6 Å². The van der Waals surface area contributed by atoms with Gasteiger partial charge < -0.3 is 5.32 Å². The van der Waals surface area contributed by atoms with E-state index in [-0.39, 0.29) is 11.8 Å².